The second kappa shape index (κ2) is 7.08. The van der Waals surface area contributed by atoms with E-state index >= 15 is 0 Å². The molecule has 128 valence electrons. The number of halogens is 1. The largest absolute Gasteiger partial charge is 0.339 e. The van der Waals surface area contributed by atoms with Crippen LogP contribution in [0.4, 0.5) is 17.3 Å². The van der Waals surface area contributed by atoms with E-state index in [9.17, 15) is 8.42 Å². The zero-order valence-electron chi connectivity index (χ0n) is 13.3. The number of sulfonamides is 1. The van der Waals surface area contributed by atoms with Crippen LogP contribution in [0.25, 0.3) is 0 Å². The summed E-state index contributed by atoms with van der Waals surface area (Å²) in [6.45, 7) is 2.01. The number of hydrogen-bond acceptors (Lipinski definition) is 5. The summed E-state index contributed by atoms with van der Waals surface area (Å²) in [5, 5.41) is 11.4. The molecule has 1 heterocycles. The summed E-state index contributed by atoms with van der Waals surface area (Å²) in [7, 11) is -3.74. The topological polar surface area (TPSA) is 84.0 Å². The van der Waals surface area contributed by atoms with Crippen molar-refractivity contribution in [2.45, 2.75) is 11.8 Å². The molecule has 2 aromatic carbocycles. The molecule has 6 nitrogen and oxygen atoms in total. The molecule has 0 spiro atoms. The summed E-state index contributed by atoms with van der Waals surface area (Å²) >= 11 is 5.77. The number of aryl methyl sites for hydroxylation is 1. The number of rotatable bonds is 5. The van der Waals surface area contributed by atoms with Crippen molar-refractivity contribution in [1.82, 2.24) is 10.2 Å². The van der Waals surface area contributed by atoms with E-state index in [0.29, 0.717) is 10.8 Å². The predicted molar refractivity (Wildman–Crippen MR) is 98.8 cm³/mol. The van der Waals surface area contributed by atoms with Crippen LogP contribution in [-0.4, -0.2) is 18.6 Å². The Kier molecular flexibility index (Phi) is 4.87. The summed E-state index contributed by atoms with van der Waals surface area (Å²) in [4.78, 5) is 0.0977. The number of anilines is 3. The lowest BCUT2D eigenvalue weighted by Crippen LogP contribution is -2.14. The Bertz CT molecular complexity index is 957. The summed E-state index contributed by atoms with van der Waals surface area (Å²) in [5.41, 5.74) is 2.03. The number of nitrogens with zero attached hydrogens (tertiary/aromatic N) is 2. The Hall–Kier alpha value is -2.64. The highest BCUT2D eigenvalue weighted by Crippen LogP contribution is 2.19. The van der Waals surface area contributed by atoms with Crippen molar-refractivity contribution in [2.24, 2.45) is 0 Å². The zero-order chi connectivity index (χ0) is 17.9. The molecule has 0 amide bonds. The van der Waals surface area contributed by atoms with Crippen LogP contribution in [0.1, 0.15) is 5.56 Å². The Morgan fingerprint density at radius 1 is 0.840 bits per heavy atom. The first-order chi connectivity index (χ1) is 11.9. The lowest BCUT2D eigenvalue weighted by molar-refractivity contribution is 0.601. The van der Waals surface area contributed by atoms with Gasteiger partial charge in [-0.2, -0.15) is 0 Å². The van der Waals surface area contributed by atoms with E-state index in [1.807, 2.05) is 31.2 Å². The molecule has 3 aromatic rings. The first kappa shape index (κ1) is 17.2. The van der Waals surface area contributed by atoms with Gasteiger partial charge in [0.25, 0.3) is 10.0 Å². The van der Waals surface area contributed by atoms with Gasteiger partial charge in [0.05, 0.1) is 4.90 Å². The van der Waals surface area contributed by atoms with E-state index in [0.717, 1.165) is 11.3 Å². The van der Waals surface area contributed by atoms with Gasteiger partial charge >= 0.3 is 0 Å². The average molecular weight is 375 g/mol. The molecule has 3 rings (SSSR count). The fourth-order valence-corrected chi connectivity index (χ4v) is 3.17. The second-order valence-corrected chi connectivity index (χ2v) is 7.47. The smallest absolute Gasteiger partial charge is 0.263 e. The highest BCUT2D eigenvalue weighted by Gasteiger charge is 2.14. The van der Waals surface area contributed by atoms with E-state index in [-0.39, 0.29) is 10.7 Å². The number of benzene rings is 2. The minimum Gasteiger partial charge on any atom is -0.339 e. The Morgan fingerprint density at radius 2 is 1.44 bits per heavy atom. The third-order valence-electron chi connectivity index (χ3n) is 3.35. The first-order valence-corrected chi connectivity index (χ1v) is 9.24. The van der Waals surface area contributed by atoms with Crippen molar-refractivity contribution in [1.29, 1.82) is 0 Å². The third kappa shape index (κ3) is 4.46. The van der Waals surface area contributed by atoms with Gasteiger partial charge in [-0.25, -0.2) is 8.42 Å². The molecule has 0 atom stereocenters. The quantitative estimate of drug-likeness (QED) is 0.705. The van der Waals surface area contributed by atoms with Crippen LogP contribution >= 0.6 is 11.6 Å². The van der Waals surface area contributed by atoms with Crippen LogP contribution in [-0.2, 0) is 10.0 Å². The summed E-state index contributed by atoms with van der Waals surface area (Å²) in [5.74, 6) is 0.641. The predicted octanol–water partition coefficient (Wildman–Crippen LogP) is 3.98. The third-order valence-corrected chi connectivity index (χ3v) is 4.97. The summed E-state index contributed by atoms with van der Waals surface area (Å²) < 4.78 is 26.9. The molecule has 0 aliphatic heterocycles. The van der Waals surface area contributed by atoms with Crippen LogP contribution in [0, 0.1) is 6.92 Å². The van der Waals surface area contributed by atoms with E-state index in [1.54, 1.807) is 6.07 Å². The molecule has 2 N–H and O–H groups in total. The van der Waals surface area contributed by atoms with Crippen LogP contribution in [0.15, 0.2) is 65.6 Å². The SMILES string of the molecule is Cc1ccc(Nc2ccc(NS(=O)(=O)c3ccc(Cl)cc3)nn2)cc1. The van der Waals surface area contributed by atoms with Gasteiger partial charge in [-0.15, -0.1) is 10.2 Å². The molecule has 0 saturated carbocycles. The van der Waals surface area contributed by atoms with Crippen molar-refractivity contribution in [3.05, 3.63) is 71.2 Å². The minimum atomic E-state index is -3.74. The summed E-state index contributed by atoms with van der Waals surface area (Å²) in [6, 6.07) is 16.9. The van der Waals surface area contributed by atoms with Gasteiger partial charge < -0.3 is 5.32 Å². The Labute approximate surface area is 150 Å². The van der Waals surface area contributed by atoms with E-state index in [2.05, 4.69) is 20.2 Å². The van der Waals surface area contributed by atoms with Crippen LogP contribution in [0.5, 0.6) is 0 Å². The Balaban J connectivity index is 1.71. The standard InChI is InChI=1S/C17H15ClN4O2S/c1-12-2-6-14(7-3-12)19-16-10-11-17(21-20-16)22-25(23,24)15-8-4-13(18)5-9-15/h2-11H,1H3,(H,19,20)(H,21,22). The van der Waals surface area contributed by atoms with Crippen LogP contribution < -0.4 is 10.0 Å². The molecule has 0 radical (unpaired) electrons. The monoisotopic (exact) mass is 374 g/mol. The molecular formula is C17H15ClN4O2S. The maximum absolute atomic E-state index is 12.3. The van der Waals surface area contributed by atoms with Crippen molar-refractivity contribution < 1.29 is 8.42 Å². The van der Waals surface area contributed by atoms with Crippen molar-refractivity contribution in [3.8, 4) is 0 Å². The minimum absolute atomic E-state index is 0.0977. The van der Waals surface area contributed by atoms with E-state index < -0.39 is 10.0 Å². The molecule has 8 heteroatoms. The maximum Gasteiger partial charge on any atom is 0.263 e. The Morgan fingerprint density at radius 3 is 2.04 bits per heavy atom. The number of aromatic nitrogens is 2. The van der Waals surface area contributed by atoms with Gasteiger partial charge in [-0.1, -0.05) is 29.3 Å². The van der Waals surface area contributed by atoms with Crippen molar-refractivity contribution in [3.63, 3.8) is 0 Å². The van der Waals surface area contributed by atoms with Crippen LogP contribution in [0.3, 0.4) is 0 Å². The van der Waals surface area contributed by atoms with E-state index in [1.165, 1.54) is 30.3 Å². The number of hydrogen-bond donors (Lipinski definition) is 2. The van der Waals surface area contributed by atoms with E-state index in [4.69, 9.17) is 11.6 Å². The lowest BCUT2D eigenvalue weighted by atomic mass is 10.2. The molecule has 0 unspecified atom stereocenters. The highest BCUT2D eigenvalue weighted by molar-refractivity contribution is 7.92. The van der Waals surface area contributed by atoms with Gasteiger partial charge in [0.15, 0.2) is 11.6 Å². The molecule has 0 saturated heterocycles. The van der Waals surface area contributed by atoms with Gasteiger partial charge in [0, 0.05) is 10.7 Å². The van der Waals surface area contributed by atoms with Crippen LogP contribution in [0.2, 0.25) is 5.02 Å². The van der Waals surface area contributed by atoms with Gasteiger partial charge in [-0.3, -0.25) is 4.72 Å². The first-order valence-electron chi connectivity index (χ1n) is 7.38. The maximum atomic E-state index is 12.3. The van der Waals surface area contributed by atoms with Crippen molar-refractivity contribution in [2.75, 3.05) is 10.0 Å². The van der Waals surface area contributed by atoms with Gasteiger partial charge in [-0.05, 0) is 55.5 Å². The van der Waals surface area contributed by atoms with Crippen molar-refractivity contribution >= 4 is 38.9 Å². The fraction of sp³-hybridized carbons (Fsp3) is 0.0588. The molecule has 0 aliphatic carbocycles. The normalized spacial score (nSPS) is 11.1. The molecular weight excluding hydrogens is 360 g/mol. The second-order valence-electron chi connectivity index (χ2n) is 5.35. The molecule has 1 aromatic heterocycles. The average Bonchev–Trinajstić information content (AvgIpc) is 2.59. The fourth-order valence-electron chi connectivity index (χ4n) is 2.05. The number of nitrogens with one attached hydrogen (secondary N) is 2. The summed E-state index contributed by atoms with van der Waals surface area (Å²) in [6.07, 6.45) is 0. The molecule has 0 fully saturated rings. The molecule has 25 heavy (non-hydrogen) atoms. The van der Waals surface area contributed by atoms with Gasteiger partial charge in [0.2, 0.25) is 0 Å². The molecule has 0 bridgehead atoms. The van der Waals surface area contributed by atoms with Gasteiger partial charge in [0.1, 0.15) is 0 Å². The highest BCUT2D eigenvalue weighted by atomic mass is 35.5. The zero-order valence-corrected chi connectivity index (χ0v) is 14.8. The lowest BCUT2D eigenvalue weighted by Gasteiger charge is -2.08. The molecule has 0 aliphatic rings.